The van der Waals surface area contributed by atoms with Gasteiger partial charge >= 0.3 is 0 Å². The maximum Gasteiger partial charge on any atom is 0.237 e. The second-order valence-electron chi connectivity index (χ2n) is 4.17. The van der Waals surface area contributed by atoms with Gasteiger partial charge in [0, 0.05) is 18.2 Å². The minimum absolute atomic E-state index is 0. The van der Waals surface area contributed by atoms with Crippen molar-refractivity contribution in [1.29, 1.82) is 0 Å². The van der Waals surface area contributed by atoms with Crippen LogP contribution in [0.2, 0.25) is 0 Å². The minimum atomic E-state index is -0.947. The summed E-state index contributed by atoms with van der Waals surface area (Å²) in [5.41, 5.74) is 11.3. The van der Waals surface area contributed by atoms with E-state index in [2.05, 4.69) is 5.32 Å². The number of benzene rings is 1. The normalized spacial score (nSPS) is 11.0. The first-order chi connectivity index (χ1) is 9.47. The number of carbonyl (C=O) groups excluding carboxylic acids is 2. The predicted octanol–water partition coefficient (Wildman–Crippen LogP) is -0.0555. The molecule has 0 radical (unpaired) electrons. The molecule has 0 fully saturated rings. The zero-order valence-electron chi connectivity index (χ0n) is 11.9. The summed E-state index contributed by atoms with van der Waals surface area (Å²) in [6.45, 7) is 0.235. The highest BCUT2D eigenvalue weighted by molar-refractivity contribution is 5.87. The third kappa shape index (κ3) is 5.88. The number of methoxy groups -OCH3 is 2. The summed E-state index contributed by atoms with van der Waals surface area (Å²) in [7, 11) is 3.08. The highest BCUT2D eigenvalue weighted by Crippen LogP contribution is 2.24. The molecule has 5 N–H and O–H groups in total. The Balaban J connectivity index is 0.00000400. The van der Waals surface area contributed by atoms with Crippen LogP contribution in [0.1, 0.15) is 12.0 Å². The number of amides is 2. The molecule has 1 unspecified atom stereocenters. The zero-order valence-corrected chi connectivity index (χ0v) is 12.7. The van der Waals surface area contributed by atoms with E-state index in [-0.39, 0.29) is 25.4 Å². The molecule has 1 atom stereocenters. The van der Waals surface area contributed by atoms with Crippen LogP contribution in [-0.4, -0.2) is 32.1 Å². The molecule has 0 aromatic heterocycles. The quantitative estimate of drug-likeness (QED) is 0.651. The van der Waals surface area contributed by atoms with Gasteiger partial charge in [0.1, 0.15) is 11.5 Å². The van der Waals surface area contributed by atoms with Crippen LogP contribution < -0.4 is 26.3 Å². The molecule has 1 rings (SSSR count). The van der Waals surface area contributed by atoms with E-state index in [4.69, 9.17) is 20.9 Å². The molecule has 1 aromatic rings. The fourth-order valence-electron chi connectivity index (χ4n) is 1.62. The molecular formula is C13H20ClN3O4. The third-order valence-electron chi connectivity index (χ3n) is 2.71. The van der Waals surface area contributed by atoms with E-state index in [1.807, 2.05) is 0 Å². The second kappa shape index (κ2) is 9.04. The summed E-state index contributed by atoms with van der Waals surface area (Å²) in [5, 5.41) is 2.62. The van der Waals surface area contributed by atoms with E-state index < -0.39 is 17.9 Å². The Morgan fingerprint density at radius 3 is 2.48 bits per heavy atom. The van der Waals surface area contributed by atoms with Crippen LogP contribution in [0.4, 0.5) is 0 Å². The molecule has 118 valence electrons. The van der Waals surface area contributed by atoms with E-state index in [1.165, 1.54) is 7.11 Å². The molecule has 0 aliphatic carbocycles. The van der Waals surface area contributed by atoms with Gasteiger partial charge in [-0.1, -0.05) is 0 Å². The zero-order chi connectivity index (χ0) is 15.1. The van der Waals surface area contributed by atoms with Gasteiger partial charge in [0.15, 0.2) is 0 Å². The van der Waals surface area contributed by atoms with Crippen LogP contribution in [0.3, 0.4) is 0 Å². The Morgan fingerprint density at radius 1 is 1.29 bits per heavy atom. The molecule has 8 heteroatoms. The van der Waals surface area contributed by atoms with Crippen LogP contribution in [-0.2, 0) is 16.1 Å². The predicted molar refractivity (Wildman–Crippen MR) is 80.4 cm³/mol. The minimum Gasteiger partial charge on any atom is -0.497 e. The monoisotopic (exact) mass is 317 g/mol. The SMILES string of the molecule is COc1ccc(CNC(=O)C(N)CC(N)=O)c(OC)c1.Cl. The number of hydrogen-bond donors (Lipinski definition) is 3. The van der Waals surface area contributed by atoms with Gasteiger partial charge < -0.3 is 26.3 Å². The van der Waals surface area contributed by atoms with Crippen LogP contribution in [0.25, 0.3) is 0 Å². The van der Waals surface area contributed by atoms with Gasteiger partial charge in [-0.3, -0.25) is 9.59 Å². The number of halogens is 1. The van der Waals surface area contributed by atoms with Crippen LogP contribution in [0.15, 0.2) is 18.2 Å². The average molecular weight is 318 g/mol. The lowest BCUT2D eigenvalue weighted by molar-refractivity contribution is -0.126. The summed E-state index contributed by atoms with van der Waals surface area (Å²) >= 11 is 0. The first-order valence-corrected chi connectivity index (χ1v) is 6.00. The summed E-state index contributed by atoms with van der Waals surface area (Å²) in [4.78, 5) is 22.4. The van der Waals surface area contributed by atoms with Gasteiger partial charge in [0.25, 0.3) is 0 Å². The number of hydrogen-bond acceptors (Lipinski definition) is 5. The van der Waals surface area contributed by atoms with Gasteiger partial charge in [-0.05, 0) is 12.1 Å². The second-order valence-corrected chi connectivity index (χ2v) is 4.17. The number of nitrogens with one attached hydrogen (secondary N) is 1. The molecule has 7 nitrogen and oxygen atoms in total. The standard InChI is InChI=1S/C13H19N3O4.ClH/c1-19-9-4-3-8(11(5-9)20-2)7-16-13(18)10(14)6-12(15)17;/h3-5,10H,6-7,14H2,1-2H3,(H2,15,17)(H,16,18);1H. The molecule has 0 saturated carbocycles. The Hall–Kier alpha value is -1.99. The average Bonchev–Trinajstić information content (AvgIpc) is 2.43. The Morgan fingerprint density at radius 2 is 1.95 bits per heavy atom. The van der Waals surface area contributed by atoms with Crippen molar-refractivity contribution in [2.24, 2.45) is 11.5 Å². The summed E-state index contributed by atoms with van der Waals surface area (Å²) in [6, 6.07) is 4.30. The molecule has 21 heavy (non-hydrogen) atoms. The van der Waals surface area contributed by atoms with Crippen LogP contribution in [0, 0.1) is 0 Å². The molecule has 0 bridgehead atoms. The van der Waals surface area contributed by atoms with Gasteiger partial charge in [-0.25, -0.2) is 0 Å². The van der Waals surface area contributed by atoms with Crippen molar-refractivity contribution in [3.05, 3.63) is 23.8 Å². The number of primary amides is 1. The largest absolute Gasteiger partial charge is 0.497 e. The van der Waals surface area contributed by atoms with Gasteiger partial charge in [0.05, 0.1) is 26.7 Å². The molecule has 0 aliphatic heterocycles. The highest BCUT2D eigenvalue weighted by Gasteiger charge is 2.16. The van der Waals surface area contributed by atoms with Crippen molar-refractivity contribution < 1.29 is 19.1 Å². The molecule has 0 aliphatic rings. The van der Waals surface area contributed by atoms with Crippen molar-refractivity contribution in [3.63, 3.8) is 0 Å². The Labute approximate surface area is 129 Å². The van der Waals surface area contributed by atoms with Crippen molar-refractivity contribution in [2.75, 3.05) is 14.2 Å². The first-order valence-electron chi connectivity index (χ1n) is 6.00. The lowest BCUT2D eigenvalue weighted by atomic mass is 10.1. The summed E-state index contributed by atoms with van der Waals surface area (Å²) in [6.07, 6.45) is -0.189. The summed E-state index contributed by atoms with van der Waals surface area (Å²) < 4.78 is 10.3. The van der Waals surface area contributed by atoms with E-state index in [0.717, 1.165) is 5.56 Å². The van der Waals surface area contributed by atoms with Gasteiger partial charge in [-0.2, -0.15) is 0 Å². The smallest absolute Gasteiger partial charge is 0.237 e. The van der Waals surface area contributed by atoms with Crippen molar-refractivity contribution >= 4 is 24.2 Å². The fraction of sp³-hybridized carbons (Fsp3) is 0.385. The van der Waals surface area contributed by atoms with E-state index in [1.54, 1.807) is 25.3 Å². The van der Waals surface area contributed by atoms with Gasteiger partial charge in [-0.15, -0.1) is 12.4 Å². The number of nitrogens with two attached hydrogens (primary N) is 2. The van der Waals surface area contributed by atoms with E-state index >= 15 is 0 Å². The van der Waals surface area contributed by atoms with E-state index in [9.17, 15) is 9.59 Å². The topological polar surface area (TPSA) is 117 Å². The van der Waals surface area contributed by atoms with Crippen molar-refractivity contribution in [2.45, 2.75) is 19.0 Å². The number of ether oxygens (including phenoxy) is 2. The van der Waals surface area contributed by atoms with Crippen molar-refractivity contribution in [1.82, 2.24) is 5.32 Å². The molecular weight excluding hydrogens is 298 g/mol. The summed E-state index contributed by atoms with van der Waals surface area (Å²) in [5.74, 6) is 0.187. The van der Waals surface area contributed by atoms with Crippen LogP contribution >= 0.6 is 12.4 Å². The van der Waals surface area contributed by atoms with Gasteiger partial charge in [0.2, 0.25) is 11.8 Å². The maximum atomic E-state index is 11.7. The lowest BCUT2D eigenvalue weighted by Crippen LogP contribution is -2.42. The fourth-order valence-corrected chi connectivity index (χ4v) is 1.62. The van der Waals surface area contributed by atoms with Crippen LogP contribution in [0.5, 0.6) is 11.5 Å². The molecule has 0 spiro atoms. The first kappa shape index (κ1) is 19.0. The highest BCUT2D eigenvalue weighted by atomic mass is 35.5. The lowest BCUT2D eigenvalue weighted by Gasteiger charge is -2.13. The Bertz CT molecular complexity index is 496. The maximum absolute atomic E-state index is 11.7. The number of rotatable bonds is 7. The van der Waals surface area contributed by atoms with E-state index in [0.29, 0.717) is 11.5 Å². The molecule has 0 saturated heterocycles. The Kier molecular flexibility index (Phi) is 8.18. The number of carbonyl (C=O) groups is 2. The molecule has 0 heterocycles. The third-order valence-corrected chi connectivity index (χ3v) is 2.71. The molecule has 2 amide bonds. The van der Waals surface area contributed by atoms with Crippen molar-refractivity contribution in [3.8, 4) is 11.5 Å². The molecule has 1 aromatic carbocycles.